The second kappa shape index (κ2) is 4.48. The van der Waals surface area contributed by atoms with Gasteiger partial charge in [0.25, 0.3) is 5.56 Å². The van der Waals surface area contributed by atoms with Gasteiger partial charge in [-0.2, -0.15) is 5.10 Å². The molecule has 0 aliphatic heterocycles. The molecule has 17 heavy (non-hydrogen) atoms. The van der Waals surface area contributed by atoms with Crippen LogP contribution >= 0.6 is 0 Å². The van der Waals surface area contributed by atoms with Crippen LogP contribution in [-0.4, -0.2) is 16.2 Å². The van der Waals surface area contributed by atoms with Crippen molar-refractivity contribution in [2.75, 3.05) is 0 Å². The van der Waals surface area contributed by atoms with E-state index in [1.54, 1.807) is 0 Å². The first-order chi connectivity index (χ1) is 8.16. The molecule has 0 unspecified atom stereocenters. The number of aromatic nitrogens is 2. The number of hydrogen-bond acceptors (Lipinski definition) is 3. The van der Waals surface area contributed by atoms with E-state index in [1.807, 2.05) is 30.3 Å². The fourth-order valence-corrected chi connectivity index (χ4v) is 1.43. The van der Waals surface area contributed by atoms with Gasteiger partial charge in [0.05, 0.1) is 0 Å². The minimum Gasteiger partial charge on any atom is -0.370 e. The summed E-state index contributed by atoms with van der Waals surface area (Å²) >= 11 is 0. The van der Waals surface area contributed by atoms with E-state index in [1.165, 1.54) is 6.07 Å². The third-order valence-electron chi connectivity index (χ3n) is 2.09. The van der Waals surface area contributed by atoms with E-state index >= 15 is 0 Å². The minimum atomic E-state index is -0.357. The number of nitrogens with zero attached hydrogens (tertiary/aromatic N) is 2. The average Bonchev–Trinajstić information content (AvgIpc) is 2.29. The highest BCUT2D eigenvalue weighted by Crippen LogP contribution is 2.25. The maximum Gasteiger partial charge on any atom is 0.266 e. The molecule has 6 heteroatoms. The molecule has 0 aliphatic carbocycles. The molecule has 0 saturated heterocycles. The molecule has 86 valence electrons. The van der Waals surface area contributed by atoms with E-state index in [0.717, 1.165) is 5.56 Å². The van der Waals surface area contributed by atoms with Crippen LogP contribution in [-0.2, 0) is 0 Å². The third-order valence-corrected chi connectivity index (χ3v) is 2.09. The molecule has 0 radical (unpaired) electrons. The zero-order valence-corrected chi connectivity index (χ0v) is 8.92. The SMILES string of the molecule is NC(N)=Nc1cc(=O)[nH]nc1-c1ccccc1. The highest BCUT2D eigenvalue weighted by Gasteiger charge is 2.07. The van der Waals surface area contributed by atoms with Crippen LogP contribution < -0.4 is 17.0 Å². The molecule has 2 aromatic rings. The number of aromatic amines is 1. The Balaban J connectivity index is 2.62. The Hall–Kier alpha value is -2.63. The molecule has 0 saturated carbocycles. The van der Waals surface area contributed by atoms with E-state index < -0.39 is 0 Å². The molecular formula is C11H11N5O. The van der Waals surface area contributed by atoms with Crippen LogP contribution in [0.3, 0.4) is 0 Å². The lowest BCUT2D eigenvalue weighted by Crippen LogP contribution is -2.22. The average molecular weight is 229 g/mol. The fourth-order valence-electron chi connectivity index (χ4n) is 1.43. The van der Waals surface area contributed by atoms with Gasteiger partial charge in [-0.1, -0.05) is 30.3 Å². The van der Waals surface area contributed by atoms with Crippen molar-refractivity contribution in [1.82, 2.24) is 10.2 Å². The van der Waals surface area contributed by atoms with Gasteiger partial charge in [0.15, 0.2) is 5.96 Å². The predicted octanol–water partition coefficient (Wildman–Crippen LogP) is 0.342. The van der Waals surface area contributed by atoms with Gasteiger partial charge in [-0.3, -0.25) is 4.79 Å². The summed E-state index contributed by atoms with van der Waals surface area (Å²) in [4.78, 5) is 15.1. The van der Waals surface area contributed by atoms with Gasteiger partial charge >= 0.3 is 0 Å². The van der Waals surface area contributed by atoms with Crippen LogP contribution in [0.25, 0.3) is 11.3 Å². The van der Waals surface area contributed by atoms with E-state index in [-0.39, 0.29) is 11.5 Å². The molecule has 0 spiro atoms. The topological polar surface area (TPSA) is 110 Å². The summed E-state index contributed by atoms with van der Waals surface area (Å²) in [7, 11) is 0. The Morgan fingerprint density at radius 3 is 2.59 bits per heavy atom. The molecule has 1 aromatic carbocycles. The summed E-state index contributed by atoms with van der Waals surface area (Å²) < 4.78 is 0. The number of nitrogens with two attached hydrogens (primary N) is 2. The number of aliphatic imine (C=N–C) groups is 1. The lowest BCUT2D eigenvalue weighted by atomic mass is 10.1. The van der Waals surface area contributed by atoms with E-state index in [0.29, 0.717) is 11.4 Å². The molecule has 2 rings (SSSR count). The molecule has 0 amide bonds. The number of guanidine groups is 1. The smallest absolute Gasteiger partial charge is 0.266 e. The summed E-state index contributed by atoms with van der Waals surface area (Å²) in [5, 5.41) is 6.30. The van der Waals surface area contributed by atoms with Crippen LogP contribution in [0, 0.1) is 0 Å². The van der Waals surface area contributed by atoms with Gasteiger partial charge < -0.3 is 11.5 Å². The van der Waals surface area contributed by atoms with Crippen LogP contribution in [0.1, 0.15) is 0 Å². The summed E-state index contributed by atoms with van der Waals surface area (Å²) in [6, 6.07) is 10.6. The molecule has 0 bridgehead atoms. The predicted molar refractivity (Wildman–Crippen MR) is 65.8 cm³/mol. The second-order valence-corrected chi connectivity index (χ2v) is 3.37. The van der Waals surface area contributed by atoms with E-state index in [9.17, 15) is 4.79 Å². The van der Waals surface area contributed by atoms with Crippen molar-refractivity contribution in [3.63, 3.8) is 0 Å². The maximum atomic E-state index is 11.2. The number of rotatable bonds is 2. The Morgan fingerprint density at radius 1 is 1.24 bits per heavy atom. The van der Waals surface area contributed by atoms with Gasteiger partial charge in [0.1, 0.15) is 11.4 Å². The van der Waals surface area contributed by atoms with Crippen LogP contribution in [0.4, 0.5) is 5.69 Å². The molecule has 5 N–H and O–H groups in total. The highest BCUT2D eigenvalue weighted by atomic mass is 16.1. The van der Waals surface area contributed by atoms with Gasteiger partial charge in [0, 0.05) is 11.6 Å². The first-order valence-electron chi connectivity index (χ1n) is 4.91. The van der Waals surface area contributed by atoms with E-state index in [2.05, 4.69) is 15.2 Å². The fraction of sp³-hybridized carbons (Fsp3) is 0. The number of nitrogens with one attached hydrogen (secondary N) is 1. The lowest BCUT2D eigenvalue weighted by Gasteiger charge is -2.03. The maximum absolute atomic E-state index is 11.2. The first kappa shape index (κ1) is 10.9. The summed E-state index contributed by atoms with van der Waals surface area (Å²) in [5.74, 6) is -0.116. The largest absolute Gasteiger partial charge is 0.370 e. The molecule has 1 heterocycles. The van der Waals surface area contributed by atoms with Gasteiger partial charge in [-0.05, 0) is 0 Å². The van der Waals surface area contributed by atoms with Crippen LogP contribution in [0.2, 0.25) is 0 Å². The molecule has 1 aromatic heterocycles. The quantitative estimate of drug-likeness (QED) is 0.509. The van der Waals surface area contributed by atoms with E-state index in [4.69, 9.17) is 11.5 Å². The Labute approximate surface area is 97.0 Å². The van der Waals surface area contributed by atoms with Gasteiger partial charge in [-0.25, -0.2) is 10.1 Å². The molecule has 0 aliphatic rings. The van der Waals surface area contributed by atoms with Crippen LogP contribution in [0.5, 0.6) is 0 Å². The zero-order valence-electron chi connectivity index (χ0n) is 8.92. The highest BCUT2D eigenvalue weighted by molar-refractivity contribution is 5.82. The Kier molecular flexibility index (Phi) is 2.87. The van der Waals surface area contributed by atoms with Crippen LogP contribution in [0.15, 0.2) is 46.2 Å². The molecule has 0 fully saturated rings. The van der Waals surface area contributed by atoms with Crippen molar-refractivity contribution in [1.29, 1.82) is 0 Å². The number of benzene rings is 1. The van der Waals surface area contributed by atoms with Crippen molar-refractivity contribution in [2.45, 2.75) is 0 Å². The van der Waals surface area contributed by atoms with Crippen molar-refractivity contribution in [2.24, 2.45) is 16.5 Å². The number of hydrogen-bond donors (Lipinski definition) is 3. The molecule has 6 nitrogen and oxygen atoms in total. The second-order valence-electron chi connectivity index (χ2n) is 3.37. The summed E-state index contributed by atoms with van der Waals surface area (Å²) in [5.41, 5.74) is 12.0. The Bertz CT molecular complexity index is 599. The van der Waals surface area contributed by atoms with Crippen molar-refractivity contribution < 1.29 is 0 Å². The summed E-state index contributed by atoms with van der Waals surface area (Å²) in [6.45, 7) is 0. The minimum absolute atomic E-state index is 0.116. The Morgan fingerprint density at radius 2 is 1.94 bits per heavy atom. The van der Waals surface area contributed by atoms with Crippen molar-refractivity contribution >= 4 is 11.6 Å². The standard InChI is InChI=1S/C11H11N5O/c12-11(13)14-8-6-9(17)15-16-10(8)7-4-2-1-3-5-7/h1-6H,(H5,12,13,14,15,17). The lowest BCUT2D eigenvalue weighted by molar-refractivity contribution is 0.993. The van der Waals surface area contributed by atoms with Gasteiger partial charge in [0.2, 0.25) is 0 Å². The molecule has 0 atom stereocenters. The number of H-pyrrole nitrogens is 1. The zero-order chi connectivity index (χ0) is 12.3. The first-order valence-corrected chi connectivity index (χ1v) is 4.91. The summed E-state index contributed by atoms with van der Waals surface area (Å²) in [6.07, 6.45) is 0. The van der Waals surface area contributed by atoms with Gasteiger partial charge in [-0.15, -0.1) is 0 Å². The third kappa shape index (κ3) is 2.49. The molecular weight excluding hydrogens is 218 g/mol. The van der Waals surface area contributed by atoms with Crippen molar-refractivity contribution in [3.8, 4) is 11.3 Å². The normalized spacial score (nSPS) is 9.88. The monoisotopic (exact) mass is 229 g/mol. The van der Waals surface area contributed by atoms with Crippen molar-refractivity contribution in [3.05, 3.63) is 46.8 Å².